The highest BCUT2D eigenvalue weighted by atomic mass is 19.4. The van der Waals surface area contributed by atoms with E-state index in [1.807, 2.05) is 0 Å². The molecule has 4 nitrogen and oxygen atoms in total. The van der Waals surface area contributed by atoms with E-state index in [2.05, 4.69) is 10.1 Å². The van der Waals surface area contributed by atoms with Gasteiger partial charge in [0.1, 0.15) is 6.04 Å². The minimum atomic E-state index is -4.61. The molecule has 2 atom stereocenters. The van der Waals surface area contributed by atoms with Crippen molar-refractivity contribution in [3.8, 4) is 0 Å². The van der Waals surface area contributed by atoms with Gasteiger partial charge in [-0.3, -0.25) is 4.79 Å². The Bertz CT molecular complexity index is 340. The minimum absolute atomic E-state index is 0.404. The Balaban J connectivity index is 4.49. The molecule has 7 heteroatoms. The lowest BCUT2D eigenvalue weighted by Gasteiger charge is -2.25. The number of rotatable bonds is 5. The summed E-state index contributed by atoms with van der Waals surface area (Å²) in [6.45, 7) is 7.18. The van der Waals surface area contributed by atoms with Gasteiger partial charge in [-0.1, -0.05) is 20.8 Å². The van der Waals surface area contributed by atoms with E-state index in [-0.39, 0.29) is 0 Å². The molecule has 2 unspecified atom stereocenters. The maximum absolute atomic E-state index is 12.2. The predicted octanol–water partition coefficient (Wildman–Crippen LogP) is 2.42. The highest BCUT2D eigenvalue weighted by molar-refractivity contribution is 5.87. The molecule has 0 bridgehead atoms. The number of amides is 1. The van der Waals surface area contributed by atoms with Crippen LogP contribution in [0.4, 0.5) is 13.2 Å². The summed E-state index contributed by atoms with van der Waals surface area (Å²) in [6, 6.07) is -1.12. The summed E-state index contributed by atoms with van der Waals surface area (Å²) in [4.78, 5) is 23.2. The average molecular weight is 283 g/mol. The van der Waals surface area contributed by atoms with E-state index < -0.39 is 35.6 Å². The SMILES string of the molecule is CCC(C)(C)C(=O)NC(C)C(=O)OC(C)C(F)(F)F. The number of esters is 1. The number of hydrogen-bond donors (Lipinski definition) is 1. The van der Waals surface area contributed by atoms with Crippen molar-refractivity contribution in [2.45, 2.75) is 59.4 Å². The predicted molar refractivity (Wildman–Crippen MR) is 63.3 cm³/mol. The van der Waals surface area contributed by atoms with Gasteiger partial charge in [0, 0.05) is 5.41 Å². The van der Waals surface area contributed by atoms with Crippen LogP contribution in [0.5, 0.6) is 0 Å². The van der Waals surface area contributed by atoms with Crippen LogP contribution in [-0.2, 0) is 14.3 Å². The number of carbonyl (C=O) groups excluding carboxylic acids is 2. The van der Waals surface area contributed by atoms with Gasteiger partial charge in [0.15, 0.2) is 6.10 Å². The van der Waals surface area contributed by atoms with Crippen molar-refractivity contribution in [2.24, 2.45) is 5.41 Å². The Morgan fingerprint density at radius 2 is 1.68 bits per heavy atom. The number of nitrogens with one attached hydrogen (secondary N) is 1. The fraction of sp³-hybridized carbons (Fsp3) is 0.833. The first kappa shape index (κ1) is 17.7. The van der Waals surface area contributed by atoms with Crippen LogP contribution < -0.4 is 5.32 Å². The topological polar surface area (TPSA) is 55.4 Å². The standard InChI is InChI=1S/C12H20F3NO3/c1-6-11(4,5)10(18)16-7(2)9(17)19-8(3)12(13,14)15/h7-8H,6H2,1-5H3,(H,16,18). The van der Waals surface area contributed by atoms with Crippen molar-refractivity contribution in [1.29, 1.82) is 0 Å². The summed E-state index contributed by atoms with van der Waals surface area (Å²) in [5, 5.41) is 2.35. The van der Waals surface area contributed by atoms with Gasteiger partial charge in [0.05, 0.1) is 0 Å². The van der Waals surface area contributed by atoms with E-state index in [1.54, 1.807) is 20.8 Å². The molecule has 0 saturated carbocycles. The van der Waals surface area contributed by atoms with Gasteiger partial charge in [-0.15, -0.1) is 0 Å². The highest BCUT2D eigenvalue weighted by Gasteiger charge is 2.40. The van der Waals surface area contributed by atoms with Crippen molar-refractivity contribution in [3.63, 3.8) is 0 Å². The second-order valence-electron chi connectivity index (χ2n) is 5.05. The molecule has 0 saturated heterocycles. The van der Waals surface area contributed by atoms with Gasteiger partial charge in [-0.05, 0) is 20.3 Å². The highest BCUT2D eigenvalue weighted by Crippen LogP contribution is 2.23. The lowest BCUT2D eigenvalue weighted by atomic mass is 9.89. The zero-order valence-electron chi connectivity index (χ0n) is 11.7. The Morgan fingerprint density at radius 3 is 2.05 bits per heavy atom. The Kier molecular flexibility index (Phi) is 5.83. The summed E-state index contributed by atoms with van der Waals surface area (Å²) < 4.78 is 40.9. The third kappa shape index (κ3) is 5.48. The minimum Gasteiger partial charge on any atom is -0.451 e. The monoisotopic (exact) mass is 283 g/mol. The van der Waals surface area contributed by atoms with Crippen LogP contribution in [0.2, 0.25) is 0 Å². The molecule has 0 rings (SSSR count). The smallest absolute Gasteiger partial charge is 0.425 e. The van der Waals surface area contributed by atoms with Crippen LogP contribution >= 0.6 is 0 Å². The second kappa shape index (κ2) is 6.25. The first-order valence-corrected chi connectivity index (χ1v) is 6.00. The maximum atomic E-state index is 12.2. The zero-order chi connectivity index (χ0) is 15.4. The molecule has 0 aliphatic carbocycles. The van der Waals surface area contributed by atoms with E-state index in [0.29, 0.717) is 6.42 Å². The molecule has 0 aliphatic heterocycles. The zero-order valence-corrected chi connectivity index (χ0v) is 11.7. The number of ether oxygens (including phenoxy) is 1. The summed E-state index contributed by atoms with van der Waals surface area (Å²) in [5.41, 5.74) is -0.690. The lowest BCUT2D eigenvalue weighted by Crippen LogP contribution is -2.47. The summed E-state index contributed by atoms with van der Waals surface area (Å²) >= 11 is 0. The lowest BCUT2D eigenvalue weighted by molar-refractivity contribution is -0.217. The van der Waals surface area contributed by atoms with Crippen molar-refractivity contribution in [1.82, 2.24) is 5.32 Å². The van der Waals surface area contributed by atoms with Crippen molar-refractivity contribution in [3.05, 3.63) is 0 Å². The normalized spacial score (nSPS) is 15.6. The number of halogens is 3. The van der Waals surface area contributed by atoms with Gasteiger partial charge >= 0.3 is 12.1 Å². The third-order valence-electron chi connectivity index (χ3n) is 2.95. The second-order valence-corrected chi connectivity index (χ2v) is 5.05. The molecule has 0 aromatic carbocycles. The molecular weight excluding hydrogens is 263 g/mol. The molecule has 112 valence electrons. The van der Waals surface area contributed by atoms with Crippen LogP contribution in [0.3, 0.4) is 0 Å². The van der Waals surface area contributed by atoms with E-state index in [0.717, 1.165) is 6.92 Å². The molecule has 0 aliphatic rings. The van der Waals surface area contributed by atoms with Crippen molar-refractivity contribution < 1.29 is 27.5 Å². The van der Waals surface area contributed by atoms with Crippen LogP contribution in [0.25, 0.3) is 0 Å². The van der Waals surface area contributed by atoms with Crippen LogP contribution in [0.1, 0.15) is 41.0 Å². The number of hydrogen-bond acceptors (Lipinski definition) is 3. The first-order valence-electron chi connectivity index (χ1n) is 6.00. The van der Waals surface area contributed by atoms with Crippen LogP contribution in [0.15, 0.2) is 0 Å². The molecule has 0 fully saturated rings. The quantitative estimate of drug-likeness (QED) is 0.788. The Morgan fingerprint density at radius 1 is 1.21 bits per heavy atom. The third-order valence-corrected chi connectivity index (χ3v) is 2.95. The van der Waals surface area contributed by atoms with Crippen molar-refractivity contribution in [2.75, 3.05) is 0 Å². The Hall–Kier alpha value is -1.27. The van der Waals surface area contributed by atoms with E-state index in [9.17, 15) is 22.8 Å². The molecule has 1 amide bonds. The Labute approximate surface area is 110 Å². The van der Waals surface area contributed by atoms with Gasteiger partial charge in [-0.25, -0.2) is 4.79 Å². The molecule has 0 spiro atoms. The summed E-state index contributed by atoms with van der Waals surface area (Å²) in [5.74, 6) is -1.51. The molecule has 0 radical (unpaired) electrons. The number of alkyl halides is 3. The maximum Gasteiger partial charge on any atom is 0.425 e. The van der Waals surface area contributed by atoms with Crippen molar-refractivity contribution >= 4 is 11.9 Å². The van der Waals surface area contributed by atoms with Crippen LogP contribution in [0, 0.1) is 5.41 Å². The molecule has 19 heavy (non-hydrogen) atoms. The summed E-state index contributed by atoms with van der Waals surface area (Å²) in [6.07, 6.45) is -6.26. The van der Waals surface area contributed by atoms with Gasteiger partial charge < -0.3 is 10.1 Å². The van der Waals surface area contributed by atoms with E-state index in [1.165, 1.54) is 6.92 Å². The van der Waals surface area contributed by atoms with Gasteiger partial charge in [0.2, 0.25) is 5.91 Å². The fourth-order valence-electron chi connectivity index (χ4n) is 0.955. The molecule has 1 N–H and O–H groups in total. The summed E-state index contributed by atoms with van der Waals surface area (Å²) in [7, 11) is 0. The molecule has 0 heterocycles. The molecule has 0 aromatic heterocycles. The molecular formula is C12H20F3NO3. The van der Waals surface area contributed by atoms with E-state index in [4.69, 9.17) is 0 Å². The molecule has 0 aromatic rings. The average Bonchev–Trinajstić information content (AvgIpc) is 2.27. The van der Waals surface area contributed by atoms with E-state index >= 15 is 0 Å². The largest absolute Gasteiger partial charge is 0.451 e. The van der Waals surface area contributed by atoms with Gasteiger partial charge in [-0.2, -0.15) is 13.2 Å². The van der Waals surface area contributed by atoms with Crippen LogP contribution in [-0.4, -0.2) is 30.2 Å². The number of carbonyl (C=O) groups is 2. The van der Waals surface area contributed by atoms with Gasteiger partial charge in [0.25, 0.3) is 0 Å². The fourth-order valence-corrected chi connectivity index (χ4v) is 0.955. The first-order chi connectivity index (χ1) is 8.41.